The van der Waals surface area contributed by atoms with Crippen molar-refractivity contribution < 1.29 is 18.0 Å². The van der Waals surface area contributed by atoms with Gasteiger partial charge in [-0.3, -0.25) is 4.79 Å². The molecule has 0 radical (unpaired) electrons. The SMILES string of the molecule is CC12CC3CC(C)(C1)CC(C(=O)N/N=C/c1ccccc1C(F)(F)F)(C3)C2. The summed E-state index contributed by atoms with van der Waals surface area (Å²) in [5.41, 5.74) is 1.72. The highest BCUT2D eigenvalue weighted by Gasteiger charge is 2.62. The topological polar surface area (TPSA) is 41.5 Å². The van der Waals surface area contributed by atoms with E-state index in [9.17, 15) is 18.0 Å². The first-order chi connectivity index (χ1) is 12.5. The predicted octanol–water partition coefficient (Wildman–Crippen LogP) is 5.15. The predicted molar refractivity (Wildman–Crippen MR) is 97.0 cm³/mol. The van der Waals surface area contributed by atoms with Crippen LogP contribution in [0.1, 0.15) is 63.5 Å². The van der Waals surface area contributed by atoms with Crippen LogP contribution < -0.4 is 5.43 Å². The number of nitrogens with zero attached hydrogens (tertiary/aromatic N) is 1. The smallest absolute Gasteiger partial charge is 0.273 e. The first kappa shape index (κ1) is 18.5. The molecule has 2 unspecified atom stereocenters. The number of benzene rings is 1. The number of alkyl halides is 3. The van der Waals surface area contributed by atoms with Crippen molar-refractivity contribution >= 4 is 12.1 Å². The molecule has 1 aromatic rings. The van der Waals surface area contributed by atoms with Gasteiger partial charge in [0.25, 0.3) is 0 Å². The summed E-state index contributed by atoms with van der Waals surface area (Å²) < 4.78 is 39.2. The van der Waals surface area contributed by atoms with Crippen molar-refractivity contribution in [1.82, 2.24) is 5.43 Å². The van der Waals surface area contributed by atoms with Crippen LogP contribution >= 0.6 is 0 Å². The Morgan fingerprint density at radius 1 is 1.11 bits per heavy atom. The molecule has 6 heteroatoms. The van der Waals surface area contributed by atoms with Crippen molar-refractivity contribution in [3.05, 3.63) is 35.4 Å². The fourth-order valence-corrected chi connectivity index (χ4v) is 6.85. The van der Waals surface area contributed by atoms with Crippen LogP contribution in [0.3, 0.4) is 0 Å². The maximum Gasteiger partial charge on any atom is 0.417 e. The second-order valence-corrected chi connectivity index (χ2v) is 9.69. The molecule has 5 rings (SSSR count). The second-order valence-electron chi connectivity index (χ2n) is 9.69. The van der Waals surface area contributed by atoms with E-state index in [1.54, 1.807) is 0 Å². The standard InChI is InChI=1S/C21H25F3N2O/c1-18-7-14-8-19(2,11-18)13-20(9-14,12-18)17(27)26-25-10-15-5-3-4-6-16(15)21(22,23)24/h3-6,10,14H,7-9,11-13H2,1-2H3,(H,26,27)/b25-10+. The van der Waals surface area contributed by atoms with Gasteiger partial charge >= 0.3 is 6.18 Å². The van der Waals surface area contributed by atoms with E-state index in [1.165, 1.54) is 31.0 Å². The fraction of sp³-hybridized carbons (Fsp3) is 0.619. The molecule has 4 aliphatic carbocycles. The van der Waals surface area contributed by atoms with Crippen LogP contribution in [-0.4, -0.2) is 12.1 Å². The molecule has 0 heterocycles. The van der Waals surface area contributed by atoms with Crippen LogP contribution in [0, 0.1) is 22.2 Å². The summed E-state index contributed by atoms with van der Waals surface area (Å²) in [6, 6.07) is 5.24. The maximum atomic E-state index is 13.1. The molecule has 4 fully saturated rings. The average molecular weight is 378 g/mol. The summed E-state index contributed by atoms with van der Waals surface area (Å²) in [4.78, 5) is 13.0. The molecule has 146 valence electrons. The third-order valence-corrected chi connectivity index (χ3v) is 6.74. The molecule has 1 amide bonds. The molecule has 1 N–H and O–H groups in total. The third kappa shape index (κ3) is 3.27. The van der Waals surface area contributed by atoms with Gasteiger partial charge in [-0.2, -0.15) is 18.3 Å². The van der Waals surface area contributed by atoms with Gasteiger partial charge in [-0.1, -0.05) is 32.0 Å². The summed E-state index contributed by atoms with van der Waals surface area (Å²) in [6.45, 7) is 4.56. The number of carbonyl (C=O) groups excluding carboxylic acids is 1. The number of rotatable bonds is 3. The molecular weight excluding hydrogens is 353 g/mol. The lowest BCUT2D eigenvalue weighted by molar-refractivity contribution is -0.170. The van der Waals surface area contributed by atoms with Crippen LogP contribution in [0.15, 0.2) is 29.4 Å². The molecule has 4 bridgehead atoms. The van der Waals surface area contributed by atoms with Crippen LogP contribution in [0.2, 0.25) is 0 Å². The van der Waals surface area contributed by atoms with E-state index < -0.39 is 17.2 Å². The van der Waals surface area contributed by atoms with E-state index in [4.69, 9.17) is 0 Å². The first-order valence-electron chi connectivity index (χ1n) is 9.53. The molecule has 4 saturated carbocycles. The van der Waals surface area contributed by atoms with E-state index in [1.807, 2.05) is 0 Å². The minimum Gasteiger partial charge on any atom is -0.273 e. The Hall–Kier alpha value is -1.85. The van der Waals surface area contributed by atoms with E-state index in [0.717, 1.165) is 38.0 Å². The van der Waals surface area contributed by atoms with Gasteiger partial charge < -0.3 is 0 Å². The van der Waals surface area contributed by atoms with Crippen LogP contribution in [0.5, 0.6) is 0 Å². The van der Waals surface area contributed by atoms with Gasteiger partial charge in [0.2, 0.25) is 5.91 Å². The fourth-order valence-electron chi connectivity index (χ4n) is 6.85. The summed E-state index contributed by atoms with van der Waals surface area (Å²) >= 11 is 0. The van der Waals surface area contributed by atoms with Gasteiger partial charge in [0.15, 0.2) is 0 Å². The largest absolute Gasteiger partial charge is 0.417 e. The normalized spacial score (nSPS) is 37.7. The Morgan fingerprint density at radius 3 is 2.33 bits per heavy atom. The van der Waals surface area contributed by atoms with Crippen molar-refractivity contribution in [2.75, 3.05) is 0 Å². The summed E-state index contributed by atoms with van der Waals surface area (Å²) in [7, 11) is 0. The van der Waals surface area contributed by atoms with Crippen molar-refractivity contribution in [1.29, 1.82) is 0 Å². The quantitative estimate of drug-likeness (QED) is 0.573. The zero-order valence-corrected chi connectivity index (χ0v) is 15.7. The lowest BCUT2D eigenvalue weighted by Gasteiger charge is -2.64. The Balaban J connectivity index is 1.52. The van der Waals surface area contributed by atoms with Gasteiger partial charge in [-0.15, -0.1) is 0 Å². The molecule has 4 aliphatic rings. The second kappa shape index (κ2) is 5.82. The number of halogens is 3. The van der Waals surface area contributed by atoms with Crippen molar-refractivity contribution in [3.63, 3.8) is 0 Å². The van der Waals surface area contributed by atoms with E-state index in [2.05, 4.69) is 24.4 Å². The molecule has 27 heavy (non-hydrogen) atoms. The maximum absolute atomic E-state index is 13.1. The highest BCUT2D eigenvalue weighted by molar-refractivity contribution is 5.86. The Morgan fingerprint density at radius 2 is 1.74 bits per heavy atom. The molecule has 2 atom stereocenters. The lowest BCUT2D eigenvalue weighted by atomic mass is 9.40. The summed E-state index contributed by atoms with van der Waals surface area (Å²) in [6.07, 6.45) is 2.76. The number of carbonyl (C=O) groups is 1. The number of hydrogen-bond acceptors (Lipinski definition) is 2. The number of hydrazone groups is 1. The summed E-state index contributed by atoms with van der Waals surface area (Å²) in [5, 5.41) is 3.89. The van der Waals surface area contributed by atoms with Crippen molar-refractivity contribution in [2.24, 2.45) is 27.3 Å². The molecule has 0 aromatic heterocycles. The molecule has 3 nitrogen and oxygen atoms in total. The molecule has 1 aromatic carbocycles. The summed E-state index contributed by atoms with van der Waals surface area (Å²) in [5.74, 6) is 0.432. The Bertz CT molecular complexity index is 783. The molecular formula is C21H25F3N2O. The van der Waals surface area contributed by atoms with Crippen LogP contribution in [0.25, 0.3) is 0 Å². The Kier molecular flexibility index (Phi) is 3.99. The van der Waals surface area contributed by atoms with E-state index in [0.29, 0.717) is 5.92 Å². The monoisotopic (exact) mass is 378 g/mol. The van der Waals surface area contributed by atoms with Gasteiger partial charge in [-0.25, -0.2) is 5.43 Å². The minimum atomic E-state index is -4.45. The first-order valence-corrected chi connectivity index (χ1v) is 9.53. The van der Waals surface area contributed by atoms with Gasteiger partial charge in [0, 0.05) is 5.56 Å². The Labute approximate surface area is 157 Å². The van der Waals surface area contributed by atoms with E-state index >= 15 is 0 Å². The van der Waals surface area contributed by atoms with Crippen molar-refractivity contribution in [3.8, 4) is 0 Å². The zero-order valence-electron chi connectivity index (χ0n) is 15.7. The highest BCUT2D eigenvalue weighted by atomic mass is 19.4. The molecule has 0 aliphatic heterocycles. The van der Waals surface area contributed by atoms with Gasteiger partial charge in [-0.05, 0) is 61.3 Å². The number of nitrogens with one attached hydrogen (secondary N) is 1. The average Bonchev–Trinajstić information content (AvgIpc) is 2.50. The van der Waals surface area contributed by atoms with E-state index in [-0.39, 0.29) is 22.3 Å². The molecule has 0 saturated heterocycles. The lowest BCUT2D eigenvalue weighted by Crippen LogP contribution is -2.59. The minimum absolute atomic E-state index is 0.0465. The highest BCUT2D eigenvalue weighted by Crippen LogP contribution is 2.69. The van der Waals surface area contributed by atoms with Gasteiger partial charge in [0.1, 0.15) is 0 Å². The van der Waals surface area contributed by atoms with Crippen LogP contribution in [-0.2, 0) is 11.0 Å². The van der Waals surface area contributed by atoms with Crippen LogP contribution in [0.4, 0.5) is 13.2 Å². The zero-order chi connectivity index (χ0) is 19.5. The third-order valence-electron chi connectivity index (χ3n) is 6.74. The molecule has 0 spiro atoms. The van der Waals surface area contributed by atoms with Crippen molar-refractivity contribution in [2.45, 2.75) is 58.5 Å². The number of hydrogen-bond donors (Lipinski definition) is 1. The number of amides is 1. The van der Waals surface area contributed by atoms with Gasteiger partial charge in [0.05, 0.1) is 17.2 Å².